The number of likely N-dealkylation sites (N-methyl/N-ethyl adjacent to an activating group) is 1. The first-order chi connectivity index (χ1) is 14.5. The molecule has 6 atom stereocenters. The van der Waals surface area contributed by atoms with Crippen LogP contribution in [0, 0.1) is 5.92 Å². The fourth-order valence-corrected chi connectivity index (χ4v) is 4.94. The fraction of sp³-hybridized carbons (Fsp3) is 0.636. The number of aliphatic carboxylic acids is 1. The molecule has 0 spiro atoms. The standard InChI is InChI=1S/C22H31NO8.ClH/c1-23(2,20-18(26)16(24)17(25)19(31-20)21(27)28)12-14-7-4-5-10-22(14,29)13-8-6-9-15(11-13)30-3;/h6,8-9,11,14,16,18-20,24,26,29H,4-5,7,10,12H2,1-3H3;1H. The molecule has 2 aliphatic rings. The molecule has 1 saturated heterocycles. The lowest BCUT2D eigenvalue weighted by molar-refractivity contribution is -0.946. The number of carbonyl (C=O) groups is 2. The molecule has 180 valence electrons. The number of ether oxygens (including phenoxy) is 2. The lowest BCUT2D eigenvalue weighted by Crippen LogP contribution is -3.00. The molecule has 0 amide bonds. The second-order valence-electron chi connectivity index (χ2n) is 9.14. The molecule has 1 aliphatic heterocycles. The number of carbonyl (C=O) groups excluding carboxylic acids is 1. The maximum atomic E-state index is 12.0. The smallest absolute Gasteiger partial charge is 0.341 e. The highest BCUT2D eigenvalue weighted by molar-refractivity contribution is 6.04. The summed E-state index contributed by atoms with van der Waals surface area (Å²) in [6, 6.07) is 7.30. The van der Waals surface area contributed by atoms with Gasteiger partial charge in [0.15, 0.2) is 6.10 Å². The average molecular weight is 474 g/mol. The quantitative estimate of drug-likeness (QED) is 0.258. The predicted molar refractivity (Wildman–Crippen MR) is 109 cm³/mol. The van der Waals surface area contributed by atoms with Crippen LogP contribution in [0.15, 0.2) is 24.3 Å². The van der Waals surface area contributed by atoms with Crippen molar-refractivity contribution in [1.82, 2.24) is 0 Å². The molecule has 1 saturated carbocycles. The monoisotopic (exact) mass is 473 g/mol. The maximum Gasteiger partial charge on any atom is 0.341 e. The third kappa shape index (κ3) is 4.93. The first kappa shape index (κ1) is 26.5. The van der Waals surface area contributed by atoms with Crippen LogP contribution in [0.25, 0.3) is 0 Å². The number of aliphatic hydroxyl groups is 3. The SMILES string of the molecule is COc1cccc(C2(O)CCCCC2C[N+](C)(C)C2OC(C(=O)O)C(=O)C(O)C2O)c1.[Cl-]. The van der Waals surface area contributed by atoms with Crippen molar-refractivity contribution in [2.24, 2.45) is 5.92 Å². The molecule has 4 N–H and O–H groups in total. The van der Waals surface area contributed by atoms with Crippen LogP contribution in [0.4, 0.5) is 0 Å². The van der Waals surface area contributed by atoms with E-state index in [1.165, 1.54) is 0 Å². The van der Waals surface area contributed by atoms with E-state index >= 15 is 0 Å². The molecule has 1 aromatic carbocycles. The highest BCUT2D eigenvalue weighted by Gasteiger charge is 2.54. The zero-order valence-electron chi connectivity index (χ0n) is 18.5. The number of nitrogens with zero attached hydrogens (tertiary/aromatic N) is 1. The van der Waals surface area contributed by atoms with Gasteiger partial charge in [-0.2, -0.15) is 0 Å². The van der Waals surface area contributed by atoms with Gasteiger partial charge in [0, 0.05) is 5.92 Å². The van der Waals surface area contributed by atoms with Gasteiger partial charge in [0.25, 0.3) is 0 Å². The van der Waals surface area contributed by atoms with E-state index in [9.17, 15) is 30.0 Å². The molecule has 3 rings (SSSR count). The van der Waals surface area contributed by atoms with Crippen molar-refractivity contribution in [2.75, 3.05) is 27.7 Å². The third-order valence-corrected chi connectivity index (χ3v) is 6.65. The van der Waals surface area contributed by atoms with Crippen LogP contribution < -0.4 is 17.1 Å². The molecule has 9 nitrogen and oxygen atoms in total. The summed E-state index contributed by atoms with van der Waals surface area (Å²) >= 11 is 0. The number of quaternary nitrogens is 1. The molecule has 32 heavy (non-hydrogen) atoms. The molecule has 1 aliphatic carbocycles. The van der Waals surface area contributed by atoms with E-state index in [2.05, 4.69) is 0 Å². The van der Waals surface area contributed by atoms with Crippen LogP contribution in [-0.2, 0) is 19.9 Å². The van der Waals surface area contributed by atoms with Crippen molar-refractivity contribution in [2.45, 2.75) is 55.8 Å². The lowest BCUT2D eigenvalue weighted by atomic mass is 9.71. The summed E-state index contributed by atoms with van der Waals surface area (Å²) in [6.45, 7) is 0.336. The normalized spacial score (nSPS) is 33.3. The van der Waals surface area contributed by atoms with Gasteiger partial charge in [-0.1, -0.05) is 25.0 Å². The zero-order chi connectivity index (χ0) is 23.0. The zero-order valence-corrected chi connectivity index (χ0v) is 19.2. The maximum absolute atomic E-state index is 12.0. The Labute approximate surface area is 193 Å². The molecule has 2 fully saturated rings. The molecule has 6 unspecified atom stereocenters. The van der Waals surface area contributed by atoms with Crippen molar-refractivity contribution < 1.29 is 56.4 Å². The van der Waals surface area contributed by atoms with Gasteiger partial charge in [-0.15, -0.1) is 0 Å². The number of ketones is 1. The van der Waals surface area contributed by atoms with Crippen LogP contribution in [0.3, 0.4) is 0 Å². The summed E-state index contributed by atoms with van der Waals surface area (Å²) < 4.78 is 10.7. The summed E-state index contributed by atoms with van der Waals surface area (Å²) in [5.74, 6) is -2.16. The van der Waals surface area contributed by atoms with E-state index in [0.29, 0.717) is 18.7 Å². The van der Waals surface area contributed by atoms with Gasteiger partial charge in [0.05, 0.1) is 33.4 Å². The van der Waals surface area contributed by atoms with E-state index in [4.69, 9.17) is 9.47 Å². The Bertz CT molecular complexity index is 834. The minimum atomic E-state index is -1.85. The lowest BCUT2D eigenvalue weighted by Gasteiger charge is -2.49. The number of hydrogen-bond donors (Lipinski definition) is 4. The number of rotatable bonds is 6. The number of hydrogen-bond acceptors (Lipinski definition) is 7. The van der Waals surface area contributed by atoms with Crippen LogP contribution >= 0.6 is 0 Å². The molecule has 0 aromatic heterocycles. The van der Waals surface area contributed by atoms with Gasteiger partial charge in [-0.3, -0.25) is 4.79 Å². The third-order valence-electron chi connectivity index (χ3n) is 6.65. The molecule has 0 radical (unpaired) electrons. The van der Waals surface area contributed by atoms with E-state index in [1.807, 2.05) is 18.2 Å². The molecular weight excluding hydrogens is 442 g/mol. The molecule has 1 heterocycles. The molecular formula is C22H32ClNO8. The van der Waals surface area contributed by atoms with Crippen molar-refractivity contribution in [3.63, 3.8) is 0 Å². The molecule has 10 heteroatoms. The Morgan fingerprint density at radius 1 is 1.28 bits per heavy atom. The van der Waals surface area contributed by atoms with Crippen molar-refractivity contribution >= 4 is 11.8 Å². The number of carboxylic acid groups (broad SMARTS) is 1. The van der Waals surface area contributed by atoms with Gasteiger partial charge < -0.3 is 46.8 Å². The Kier molecular flexibility index (Phi) is 8.30. The summed E-state index contributed by atoms with van der Waals surface area (Å²) in [5, 5.41) is 41.7. The second kappa shape index (κ2) is 10.0. The predicted octanol–water partition coefficient (Wildman–Crippen LogP) is -2.75. The molecule has 0 bridgehead atoms. The topological polar surface area (TPSA) is 134 Å². The summed E-state index contributed by atoms with van der Waals surface area (Å²) in [7, 11) is 5.03. The van der Waals surface area contributed by atoms with Crippen molar-refractivity contribution in [3.05, 3.63) is 29.8 Å². The van der Waals surface area contributed by atoms with E-state index in [-0.39, 0.29) is 22.8 Å². The summed E-state index contributed by atoms with van der Waals surface area (Å²) in [5.41, 5.74) is -0.400. The van der Waals surface area contributed by atoms with Crippen molar-refractivity contribution in [3.8, 4) is 5.75 Å². The Morgan fingerprint density at radius 2 is 1.97 bits per heavy atom. The fourth-order valence-electron chi connectivity index (χ4n) is 4.94. The first-order valence-corrected chi connectivity index (χ1v) is 10.5. The number of aliphatic hydroxyl groups excluding tert-OH is 2. The molecule has 1 aromatic rings. The average Bonchev–Trinajstić information content (AvgIpc) is 2.73. The highest BCUT2D eigenvalue weighted by atomic mass is 35.5. The minimum Gasteiger partial charge on any atom is -1.00 e. The minimum absolute atomic E-state index is 0. The van der Waals surface area contributed by atoms with Gasteiger partial charge in [-0.05, 0) is 30.5 Å². The Morgan fingerprint density at radius 3 is 2.59 bits per heavy atom. The number of halogens is 1. The van der Waals surface area contributed by atoms with E-state index in [1.54, 1.807) is 27.3 Å². The summed E-state index contributed by atoms with van der Waals surface area (Å²) in [4.78, 5) is 23.4. The Balaban J connectivity index is 0.00000363. The van der Waals surface area contributed by atoms with E-state index in [0.717, 1.165) is 24.8 Å². The number of benzene rings is 1. The van der Waals surface area contributed by atoms with E-state index < -0.39 is 41.9 Å². The Hall–Kier alpha value is -1.75. The number of carboxylic acids is 1. The van der Waals surface area contributed by atoms with Crippen LogP contribution in [0.1, 0.15) is 31.2 Å². The van der Waals surface area contributed by atoms with Gasteiger partial charge in [0.2, 0.25) is 18.1 Å². The first-order valence-electron chi connectivity index (χ1n) is 10.5. The highest BCUT2D eigenvalue weighted by Crippen LogP contribution is 2.44. The second-order valence-corrected chi connectivity index (χ2v) is 9.14. The van der Waals surface area contributed by atoms with Gasteiger partial charge in [0.1, 0.15) is 11.9 Å². The van der Waals surface area contributed by atoms with Crippen LogP contribution in [-0.4, -0.2) is 89.0 Å². The van der Waals surface area contributed by atoms with Crippen LogP contribution in [0.2, 0.25) is 0 Å². The number of methoxy groups -OCH3 is 1. The largest absolute Gasteiger partial charge is 1.00 e. The van der Waals surface area contributed by atoms with Crippen LogP contribution in [0.5, 0.6) is 5.75 Å². The number of Topliss-reactive ketones (excluding diaryl/α,β-unsaturated/α-hetero) is 1. The summed E-state index contributed by atoms with van der Waals surface area (Å²) in [6.07, 6.45) is -3.36. The van der Waals surface area contributed by atoms with Crippen molar-refractivity contribution in [1.29, 1.82) is 0 Å². The van der Waals surface area contributed by atoms with Gasteiger partial charge >= 0.3 is 5.97 Å². The van der Waals surface area contributed by atoms with Gasteiger partial charge in [-0.25, -0.2) is 4.79 Å².